The number of allylic oxidation sites excluding steroid dienone is 1. The summed E-state index contributed by atoms with van der Waals surface area (Å²) in [7, 11) is -0.102. The summed E-state index contributed by atoms with van der Waals surface area (Å²) in [6.45, 7) is 5.65. The van der Waals surface area contributed by atoms with Crippen LogP contribution in [0.15, 0.2) is 12.7 Å². The molecule has 0 aromatic rings. The highest BCUT2D eigenvalue weighted by Crippen LogP contribution is 2.18. The second-order valence-electron chi connectivity index (χ2n) is 2.49. The van der Waals surface area contributed by atoms with E-state index in [0.717, 1.165) is 18.9 Å². The van der Waals surface area contributed by atoms with Gasteiger partial charge in [-0.15, -0.1) is 17.7 Å². The van der Waals surface area contributed by atoms with Crippen LogP contribution in [-0.4, -0.2) is 14.7 Å². The van der Waals surface area contributed by atoms with E-state index in [1.807, 2.05) is 12.6 Å². The maximum atomic E-state index is 6.04. The lowest BCUT2D eigenvalue weighted by Gasteiger charge is -2.15. The van der Waals surface area contributed by atoms with Gasteiger partial charge in [0.25, 0.3) is 7.63 Å². The molecule has 1 nitrogen and oxygen atoms in total. The molecule has 0 rings (SSSR count). The van der Waals surface area contributed by atoms with Gasteiger partial charge in [0.05, 0.1) is 0 Å². The van der Waals surface area contributed by atoms with Crippen LogP contribution in [0.3, 0.4) is 0 Å². The normalized spacial score (nSPS) is 16.3. The van der Waals surface area contributed by atoms with E-state index in [0.29, 0.717) is 0 Å². The van der Waals surface area contributed by atoms with E-state index >= 15 is 0 Å². The van der Waals surface area contributed by atoms with Crippen molar-refractivity contribution >= 4 is 18.7 Å². The van der Waals surface area contributed by atoms with Gasteiger partial charge >= 0.3 is 0 Å². The first-order chi connectivity index (χ1) is 4.62. The van der Waals surface area contributed by atoms with Crippen molar-refractivity contribution in [2.45, 2.75) is 25.4 Å². The number of rotatable bonds is 5. The Morgan fingerprint density at radius 2 is 2.30 bits per heavy atom. The molecule has 0 saturated carbocycles. The van der Waals surface area contributed by atoms with Gasteiger partial charge in [-0.2, -0.15) is 0 Å². The summed E-state index contributed by atoms with van der Waals surface area (Å²) in [4.78, 5) is 0. The zero-order chi connectivity index (χ0) is 8.04. The molecule has 3 heteroatoms. The Labute approximate surface area is 68.9 Å². The summed E-state index contributed by atoms with van der Waals surface area (Å²) in [5, 5.41) is 0. The van der Waals surface area contributed by atoms with Gasteiger partial charge in [-0.1, -0.05) is 6.08 Å². The molecule has 0 bridgehead atoms. The predicted molar refractivity (Wildman–Crippen MR) is 48.7 cm³/mol. The van der Waals surface area contributed by atoms with Gasteiger partial charge in [-0.3, -0.25) is 0 Å². The van der Waals surface area contributed by atoms with Crippen molar-refractivity contribution in [3.63, 3.8) is 0 Å². The second-order valence-corrected chi connectivity index (χ2v) is 8.00. The largest absolute Gasteiger partial charge is 0.407 e. The van der Waals surface area contributed by atoms with Gasteiger partial charge in [-0.25, -0.2) is 0 Å². The van der Waals surface area contributed by atoms with Gasteiger partial charge in [-0.05, 0) is 25.4 Å². The molecule has 10 heavy (non-hydrogen) atoms. The van der Waals surface area contributed by atoms with E-state index in [1.54, 1.807) is 7.11 Å². The maximum absolute atomic E-state index is 6.04. The topological polar surface area (TPSA) is 9.23 Å². The minimum absolute atomic E-state index is 1.01. The highest BCUT2D eigenvalue weighted by Gasteiger charge is 2.22. The van der Waals surface area contributed by atoms with Gasteiger partial charge in [0, 0.05) is 7.11 Å². The highest BCUT2D eigenvalue weighted by atomic mass is 35.6. The third-order valence-corrected chi connectivity index (χ3v) is 4.58. The molecular formula is C7H15ClOSi. The highest BCUT2D eigenvalue weighted by molar-refractivity contribution is 7.16. The first-order valence-corrected chi connectivity index (χ1v) is 7.10. The molecule has 0 fully saturated rings. The smallest absolute Gasteiger partial charge is 0.286 e. The lowest BCUT2D eigenvalue weighted by atomic mass is 10.3. The fourth-order valence-electron chi connectivity index (χ4n) is 0.664. The monoisotopic (exact) mass is 178 g/mol. The van der Waals surface area contributed by atoms with Gasteiger partial charge in [0.1, 0.15) is 0 Å². The molecule has 1 unspecified atom stereocenters. The van der Waals surface area contributed by atoms with Crippen LogP contribution < -0.4 is 0 Å². The molecule has 0 N–H and O–H groups in total. The van der Waals surface area contributed by atoms with Crippen LogP contribution >= 0.6 is 11.1 Å². The van der Waals surface area contributed by atoms with Crippen LogP contribution in [0.4, 0.5) is 0 Å². The van der Waals surface area contributed by atoms with Crippen molar-refractivity contribution < 1.29 is 4.43 Å². The zero-order valence-electron chi connectivity index (χ0n) is 6.69. The Bertz CT molecular complexity index is 104. The second kappa shape index (κ2) is 4.94. The van der Waals surface area contributed by atoms with Crippen LogP contribution in [0.1, 0.15) is 12.8 Å². The lowest BCUT2D eigenvalue weighted by Crippen LogP contribution is -2.24. The fourth-order valence-corrected chi connectivity index (χ4v) is 2.10. The van der Waals surface area contributed by atoms with Crippen molar-refractivity contribution in [2.75, 3.05) is 7.11 Å². The molecule has 60 valence electrons. The van der Waals surface area contributed by atoms with Crippen molar-refractivity contribution in [1.29, 1.82) is 0 Å². The molecule has 0 aromatic carbocycles. The number of hydrogen-bond donors (Lipinski definition) is 0. The summed E-state index contributed by atoms with van der Waals surface area (Å²) in [5.74, 6) is 0. The average Bonchev–Trinajstić information content (AvgIpc) is 1.89. The summed E-state index contributed by atoms with van der Waals surface area (Å²) >= 11 is 6.04. The standard InChI is InChI=1S/C7H15ClOSi/c1-4-5-6-7-10(3,8)9-2/h4H,1,5-7H2,2-3H3. The summed E-state index contributed by atoms with van der Waals surface area (Å²) in [6, 6.07) is 1.01. The van der Waals surface area contributed by atoms with Crippen molar-refractivity contribution in [1.82, 2.24) is 0 Å². The molecule has 0 saturated heterocycles. The third kappa shape index (κ3) is 5.03. The molecule has 0 amide bonds. The van der Waals surface area contributed by atoms with Crippen LogP contribution in [0, 0.1) is 0 Å². The van der Waals surface area contributed by atoms with E-state index in [4.69, 9.17) is 15.5 Å². The van der Waals surface area contributed by atoms with E-state index in [-0.39, 0.29) is 0 Å². The van der Waals surface area contributed by atoms with E-state index < -0.39 is 7.63 Å². The van der Waals surface area contributed by atoms with Crippen LogP contribution in [0.5, 0.6) is 0 Å². The molecule has 0 aromatic heterocycles. The molecule has 0 heterocycles. The number of hydrogen-bond acceptors (Lipinski definition) is 1. The lowest BCUT2D eigenvalue weighted by molar-refractivity contribution is 0.414. The Balaban J connectivity index is 3.36. The molecule has 1 atom stereocenters. The van der Waals surface area contributed by atoms with Crippen molar-refractivity contribution in [2.24, 2.45) is 0 Å². The first kappa shape index (κ1) is 10.2. The zero-order valence-corrected chi connectivity index (χ0v) is 8.45. The van der Waals surface area contributed by atoms with Crippen molar-refractivity contribution in [3.05, 3.63) is 12.7 Å². The van der Waals surface area contributed by atoms with Gasteiger partial charge < -0.3 is 4.43 Å². The van der Waals surface area contributed by atoms with E-state index in [1.165, 1.54) is 0 Å². The molecule has 0 aliphatic rings. The molecular weight excluding hydrogens is 164 g/mol. The molecule has 0 aliphatic heterocycles. The average molecular weight is 179 g/mol. The van der Waals surface area contributed by atoms with E-state index in [9.17, 15) is 0 Å². The Kier molecular flexibility index (Phi) is 5.04. The van der Waals surface area contributed by atoms with E-state index in [2.05, 4.69) is 6.58 Å². The van der Waals surface area contributed by atoms with Gasteiger partial charge in [0.15, 0.2) is 0 Å². The summed E-state index contributed by atoms with van der Waals surface area (Å²) < 4.78 is 5.15. The molecule has 0 spiro atoms. The summed E-state index contributed by atoms with van der Waals surface area (Å²) in [6.07, 6.45) is 4.05. The third-order valence-electron chi connectivity index (χ3n) is 1.46. The van der Waals surface area contributed by atoms with Crippen LogP contribution in [-0.2, 0) is 4.43 Å². The van der Waals surface area contributed by atoms with Gasteiger partial charge in [0.2, 0.25) is 0 Å². The molecule has 0 radical (unpaired) electrons. The summed E-state index contributed by atoms with van der Waals surface area (Å²) in [5.41, 5.74) is 0. The quantitative estimate of drug-likeness (QED) is 0.272. The fraction of sp³-hybridized carbons (Fsp3) is 0.714. The minimum Gasteiger partial charge on any atom is -0.407 e. The van der Waals surface area contributed by atoms with Crippen LogP contribution in [0.2, 0.25) is 12.6 Å². The first-order valence-electron chi connectivity index (χ1n) is 3.47. The number of unbranched alkanes of at least 4 members (excludes halogenated alkanes) is 1. The Hall–Kier alpha value is 0.207. The Morgan fingerprint density at radius 3 is 2.70 bits per heavy atom. The Morgan fingerprint density at radius 1 is 1.70 bits per heavy atom. The maximum Gasteiger partial charge on any atom is 0.286 e. The molecule has 0 aliphatic carbocycles. The SMILES string of the molecule is C=CCCC[Si](C)(Cl)OC. The predicted octanol–water partition coefficient (Wildman–Crippen LogP) is 2.91. The number of halogens is 1. The van der Waals surface area contributed by atoms with Crippen LogP contribution in [0.25, 0.3) is 0 Å². The van der Waals surface area contributed by atoms with Crippen molar-refractivity contribution in [3.8, 4) is 0 Å². The minimum atomic E-state index is -1.79.